The van der Waals surface area contributed by atoms with Crippen molar-refractivity contribution in [2.75, 3.05) is 19.6 Å². The largest absolute Gasteiger partial charge is 0.420 e. The normalized spacial score (nSPS) is 19.0. The van der Waals surface area contributed by atoms with Crippen molar-refractivity contribution in [2.45, 2.75) is 64.3 Å². The fourth-order valence-electron chi connectivity index (χ4n) is 4.63. The summed E-state index contributed by atoms with van der Waals surface area (Å²) in [6, 6.07) is 10.3. The summed E-state index contributed by atoms with van der Waals surface area (Å²) in [5, 5.41) is 15.9. The van der Waals surface area contributed by atoms with Crippen LogP contribution in [0.15, 0.2) is 34.7 Å². The molecule has 1 amide bonds. The first kappa shape index (κ1) is 21.8. The van der Waals surface area contributed by atoms with E-state index in [-0.39, 0.29) is 5.91 Å². The highest BCUT2D eigenvalue weighted by molar-refractivity contribution is 5.94. The molecule has 174 valence electrons. The molecule has 0 bridgehead atoms. The number of hydrogen-bond donors (Lipinski definition) is 1. The Kier molecular flexibility index (Phi) is 6.26. The number of hydrogen-bond acceptors (Lipinski definition) is 6. The van der Waals surface area contributed by atoms with Gasteiger partial charge in [0.1, 0.15) is 5.69 Å². The van der Waals surface area contributed by atoms with E-state index in [0.717, 1.165) is 37.2 Å². The number of piperidine rings is 1. The molecule has 8 nitrogen and oxygen atoms in total. The summed E-state index contributed by atoms with van der Waals surface area (Å²) in [7, 11) is 0. The lowest BCUT2D eigenvalue weighted by atomic mass is 10.0. The predicted molar refractivity (Wildman–Crippen MR) is 125 cm³/mol. The quantitative estimate of drug-likeness (QED) is 0.522. The lowest BCUT2D eigenvalue weighted by molar-refractivity contribution is 0.0949. The van der Waals surface area contributed by atoms with E-state index < -0.39 is 0 Å². The lowest BCUT2D eigenvalue weighted by Crippen LogP contribution is -2.39. The first-order valence-corrected chi connectivity index (χ1v) is 12.1. The van der Waals surface area contributed by atoms with Crippen LogP contribution in [0.3, 0.4) is 0 Å². The van der Waals surface area contributed by atoms with Gasteiger partial charge in [-0.1, -0.05) is 12.5 Å². The van der Waals surface area contributed by atoms with E-state index in [4.69, 9.17) is 9.52 Å². The first-order chi connectivity index (χ1) is 16.1. The summed E-state index contributed by atoms with van der Waals surface area (Å²) >= 11 is 0. The highest BCUT2D eigenvalue weighted by Gasteiger charge is 2.30. The molecule has 1 N–H and O–H groups in total. The maximum Gasteiger partial charge on any atom is 0.268 e. The maximum absolute atomic E-state index is 12.8. The molecule has 0 unspecified atom stereocenters. The average molecular weight is 449 g/mol. The van der Waals surface area contributed by atoms with Gasteiger partial charge in [0, 0.05) is 43.2 Å². The number of carbonyl (C=O) groups excluding carboxylic acids is 1. The SMILES string of the molecule is Cc1nnc(-c2cc(C3CC3)n(-c3cccc(C(=O)NCCCN4CCCC[C@H]4C)c3)n2)o1. The minimum atomic E-state index is -0.0450. The highest BCUT2D eigenvalue weighted by atomic mass is 16.4. The van der Waals surface area contributed by atoms with Crippen molar-refractivity contribution in [3.05, 3.63) is 47.5 Å². The molecule has 0 spiro atoms. The summed E-state index contributed by atoms with van der Waals surface area (Å²) in [5.41, 5.74) is 3.30. The van der Waals surface area contributed by atoms with Gasteiger partial charge < -0.3 is 14.6 Å². The lowest BCUT2D eigenvalue weighted by Gasteiger charge is -2.33. The van der Waals surface area contributed by atoms with Gasteiger partial charge >= 0.3 is 0 Å². The summed E-state index contributed by atoms with van der Waals surface area (Å²) in [6.07, 6.45) is 7.15. The number of nitrogens with one attached hydrogen (secondary N) is 1. The van der Waals surface area contributed by atoms with Gasteiger partial charge in [-0.15, -0.1) is 10.2 Å². The first-order valence-electron chi connectivity index (χ1n) is 12.1. The molecular weight excluding hydrogens is 416 g/mol. The summed E-state index contributed by atoms with van der Waals surface area (Å²) in [6.45, 7) is 6.97. The molecule has 2 fully saturated rings. The van der Waals surface area contributed by atoms with Crippen molar-refractivity contribution in [1.29, 1.82) is 0 Å². The summed E-state index contributed by atoms with van der Waals surface area (Å²) in [4.78, 5) is 15.4. The second-order valence-electron chi connectivity index (χ2n) is 9.31. The van der Waals surface area contributed by atoms with Crippen LogP contribution in [0.1, 0.15) is 73.3 Å². The molecule has 1 saturated carbocycles. The summed E-state index contributed by atoms with van der Waals surface area (Å²) in [5.74, 6) is 1.37. The van der Waals surface area contributed by atoms with Gasteiger partial charge in [-0.25, -0.2) is 4.68 Å². The van der Waals surface area contributed by atoms with Gasteiger partial charge in [-0.2, -0.15) is 5.10 Å². The second kappa shape index (κ2) is 9.47. The zero-order valence-corrected chi connectivity index (χ0v) is 19.5. The van der Waals surface area contributed by atoms with Crippen LogP contribution in [-0.2, 0) is 0 Å². The number of nitrogens with zero attached hydrogens (tertiary/aromatic N) is 5. The van der Waals surface area contributed by atoms with Crippen LogP contribution in [0.2, 0.25) is 0 Å². The fraction of sp³-hybridized carbons (Fsp3) is 0.520. The van der Waals surface area contributed by atoms with Crippen LogP contribution in [0, 0.1) is 6.92 Å². The zero-order valence-electron chi connectivity index (χ0n) is 19.5. The van der Waals surface area contributed by atoms with Gasteiger partial charge in [0.05, 0.1) is 5.69 Å². The molecule has 33 heavy (non-hydrogen) atoms. The topological polar surface area (TPSA) is 89.1 Å². The van der Waals surface area contributed by atoms with Crippen molar-refractivity contribution >= 4 is 5.91 Å². The zero-order chi connectivity index (χ0) is 22.8. The third kappa shape index (κ3) is 5.00. The number of carbonyl (C=O) groups is 1. The number of amides is 1. The van der Waals surface area contributed by atoms with Crippen molar-refractivity contribution in [1.82, 2.24) is 30.2 Å². The molecule has 0 radical (unpaired) electrons. The molecule has 1 saturated heterocycles. The third-order valence-corrected chi connectivity index (χ3v) is 6.68. The van der Waals surface area contributed by atoms with Crippen LogP contribution in [0.25, 0.3) is 17.3 Å². The molecule has 1 aliphatic carbocycles. The predicted octanol–water partition coefficient (Wildman–Crippen LogP) is 4.10. The Balaban J connectivity index is 1.26. The minimum Gasteiger partial charge on any atom is -0.420 e. The number of likely N-dealkylation sites (tertiary alicyclic amines) is 1. The average Bonchev–Trinajstić information content (AvgIpc) is 3.42. The molecule has 3 aromatic rings. The Morgan fingerprint density at radius 1 is 1.18 bits per heavy atom. The molecule has 2 aliphatic rings. The molecule has 3 heterocycles. The van der Waals surface area contributed by atoms with E-state index in [9.17, 15) is 4.79 Å². The summed E-state index contributed by atoms with van der Waals surface area (Å²) < 4.78 is 7.49. The minimum absolute atomic E-state index is 0.0450. The third-order valence-electron chi connectivity index (χ3n) is 6.68. The number of aryl methyl sites for hydroxylation is 1. The Bertz CT molecular complexity index is 1120. The van der Waals surface area contributed by atoms with Crippen LogP contribution in [0.5, 0.6) is 0 Å². The molecule has 5 rings (SSSR count). The van der Waals surface area contributed by atoms with Crippen molar-refractivity contribution in [2.24, 2.45) is 0 Å². The van der Waals surface area contributed by atoms with E-state index in [0.29, 0.717) is 41.5 Å². The second-order valence-corrected chi connectivity index (χ2v) is 9.31. The Morgan fingerprint density at radius 2 is 2.06 bits per heavy atom. The molecule has 2 aromatic heterocycles. The number of rotatable bonds is 8. The Hall–Kier alpha value is -3.00. The van der Waals surface area contributed by atoms with Gasteiger partial charge in [0.2, 0.25) is 5.89 Å². The molecule has 1 aliphatic heterocycles. The van der Waals surface area contributed by atoms with Crippen molar-refractivity contribution in [3.63, 3.8) is 0 Å². The molecule has 1 atom stereocenters. The monoisotopic (exact) mass is 448 g/mol. The fourth-order valence-corrected chi connectivity index (χ4v) is 4.63. The van der Waals surface area contributed by atoms with Crippen LogP contribution >= 0.6 is 0 Å². The van der Waals surface area contributed by atoms with Gasteiger partial charge in [-0.05, 0) is 69.8 Å². The van der Waals surface area contributed by atoms with Crippen LogP contribution < -0.4 is 5.32 Å². The van der Waals surface area contributed by atoms with Crippen molar-refractivity contribution in [3.8, 4) is 17.3 Å². The van der Waals surface area contributed by atoms with E-state index in [1.54, 1.807) is 6.92 Å². The number of benzene rings is 1. The van der Waals surface area contributed by atoms with Crippen LogP contribution in [-0.4, -0.2) is 56.5 Å². The van der Waals surface area contributed by atoms with Crippen LogP contribution in [0.4, 0.5) is 0 Å². The molecule has 8 heteroatoms. The van der Waals surface area contributed by atoms with Crippen molar-refractivity contribution < 1.29 is 9.21 Å². The van der Waals surface area contributed by atoms with Gasteiger partial charge in [0.15, 0.2) is 0 Å². The van der Waals surface area contributed by atoms with E-state index in [2.05, 4.69) is 27.3 Å². The Morgan fingerprint density at radius 3 is 2.82 bits per heavy atom. The maximum atomic E-state index is 12.8. The van der Waals surface area contributed by atoms with E-state index in [1.165, 1.54) is 25.8 Å². The number of aromatic nitrogens is 4. The standard InChI is InChI=1S/C25H32N6O2/c1-17-7-3-4-13-30(17)14-6-12-26-24(32)20-8-5-9-21(15-20)31-23(19-10-11-19)16-22(29-31)25-28-27-18(2)33-25/h5,8-9,15-17,19H,3-4,6-7,10-14H2,1-2H3,(H,26,32)/t17-/m1/s1. The highest BCUT2D eigenvalue weighted by Crippen LogP contribution is 2.42. The smallest absolute Gasteiger partial charge is 0.268 e. The van der Waals surface area contributed by atoms with E-state index in [1.807, 2.05) is 35.0 Å². The van der Waals surface area contributed by atoms with Gasteiger partial charge in [0.25, 0.3) is 11.8 Å². The molecule has 1 aromatic carbocycles. The van der Waals surface area contributed by atoms with Gasteiger partial charge in [-0.3, -0.25) is 4.79 Å². The molecular formula is C25H32N6O2. The Labute approximate surface area is 194 Å². The van der Waals surface area contributed by atoms with E-state index >= 15 is 0 Å².